The summed E-state index contributed by atoms with van der Waals surface area (Å²) in [4.78, 5) is 43.6. The van der Waals surface area contributed by atoms with Crippen LogP contribution in [0.15, 0.2) is 48.5 Å². The van der Waals surface area contributed by atoms with Gasteiger partial charge in [0.2, 0.25) is 17.7 Å². The first-order chi connectivity index (χ1) is 18.7. The molecule has 5 atom stereocenters. The van der Waals surface area contributed by atoms with Crippen LogP contribution in [0.4, 0.5) is 5.69 Å². The van der Waals surface area contributed by atoms with E-state index in [0.717, 1.165) is 24.0 Å². The maximum Gasteiger partial charge on any atom is 0.248 e. The van der Waals surface area contributed by atoms with Crippen molar-refractivity contribution in [3.63, 3.8) is 0 Å². The molecule has 3 aliphatic heterocycles. The third kappa shape index (κ3) is 4.96. The Balaban J connectivity index is 1.45. The molecule has 3 heterocycles. The van der Waals surface area contributed by atoms with Crippen molar-refractivity contribution in [2.75, 3.05) is 18.5 Å². The molecule has 3 N–H and O–H groups in total. The van der Waals surface area contributed by atoms with Crippen molar-refractivity contribution >= 4 is 46.8 Å². The number of nitrogens with one attached hydrogen (secondary N) is 2. The van der Waals surface area contributed by atoms with Gasteiger partial charge in [0.05, 0.1) is 27.3 Å². The summed E-state index contributed by atoms with van der Waals surface area (Å²) in [7, 11) is 0. The van der Waals surface area contributed by atoms with Gasteiger partial charge in [-0.15, -0.1) is 11.8 Å². The van der Waals surface area contributed by atoms with Crippen LogP contribution >= 0.6 is 23.4 Å². The molecule has 5 rings (SSSR count). The van der Waals surface area contributed by atoms with E-state index in [1.54, 1.807) is 22.7 Å². The molecule has 2 aromatic rings. The molecule has 0 saturated carbocycles. The Morgan fingerprint density at radius 1 is 1.08 bits per heavy atom. The molecule has 0 radical (unpaired) electrons. The van der Waals surface area contributed by atoms with Crippen LogP contribution in [0.3, 0.4) is 0 Å². The maximum absolute atomic E-state index is 14.1. The summed E-state index contributed by atoms with van der Waals surface area (Å²) in [5.41, 5.74) is 2.40. The average molecular weight is 570 g/mol. The first-order valence-corrected chi connectivity index (χ1v) is 14.9. The highest BCUT2D eigenvalue weighted by Crippen LogP contribution is 2.71. The number of aliphatic hydroxyl groups is 1. The molecule has 3 aliphatic rings. The van der Waals surface area contributed by atoms with Gasteiger partial charge in [-0.2, -0.15) is 0 Å². The number of hydrogen-bond donors (Lipinski definition) is 3. The van der Waals surface area contributed by atoms with E-state index >= 15 is 0 Å². The minimum absolute atomic E-state index is 0.0913. The third-order valence-corrected chi connectivity index (χ3v) is 10.9. The molecule has 39 heavy (non-hydrogen) atoms. The third-order valence-electron chi connectivity index (χ3n) is 8.64. The topological polar surface area (TPSA) is 98.7 Å². The molecule has 2 unspecified atom stereocenters. The highest BCUT2D eigenvalue weighted by atomic mass is 35.5. The van der Waals surface area contributed by atoms with Crippen LogP contribution in [0.5, 0.6) is 0 Å². The quantitative estimate of drug-likeness (QED) is 0.365. The number of benzene rings is 2. The molecule has 7 nitrogen and oxygen atoms in total. The predicted molar refractivity (Wildman–Crippen MR) is 154 cm³/mol. The normalized spacial score (nSPS) is 29.0. The van der Waals surface area contributed by atoms with E-state index in [1.807, 2.05) is 49.4 Å². The Labute approximate surface area is 239 Å². The number of amides is 3. The number of aryl methyl sites for hydroxylation is 1. The molecule has 3 fully saturated rings. The van der Waals surface area contributed by atoms with Gasteiger partial charge in [-0.05, 0) is 63.1 Å². The van der Waals surface area contributed by atoms with Crippen LogP contribution in [0.1, 0.15) is 50.2 Å². The van der Waals surface area contributed by atoms with E-state index in [0.29, 0.717) is 43.1 Å². The minimum Gasteiger partial charge on any atom is -0.396 e. The monoisotopic (exact) mass is 569 g/mol. The highest BCUT2D eigenvalue weighted by molar-refractivity contribution is 8.02. The predicted octanol–water partition coefficient (Wildman–Crippen LogP) is 4.55. The van der Waals surface area contributed by atoms with Crippen LogP contribution < -0.4 is 10.6 Å². The Hall–Kier alpha value is -2.55. The van der Waals surface area contributed by atoms with Crippen LogP contribution in [0.2, 0.25) is 5.02 Å². The van der Waals surface area contributed by atoms with E-state index in [1.165, 1.54) is 0 Å². The van der Waals surface area contributed by atoms with Crippen LogP contribution in [0, 0.1) is 18.8 Å². The van der Waals surface area contributed by atoms with Crippen LogP contribution in [-0.4, -0.2) is 56.4 Å². The molecule has 2 aromatic carbocycles. The summed E-state index contributed by atoms with van der Waals surface area (Å²) in [6, 6.07) is 14.5. The van der Waals surface area contributed by atoms with Gasteiger partial charge in [-0.25, -0.2) is 0 Å². The zero-order valence-corrected chi connectivity index (χ0v) is 24.0. The Kier molecular flexibility index (Phi) is 8.00. The molecule has 1 spiro atoms. The molecule has 208 valence electrons. The van der Waals surface area contributed by atoms with Gasteiger partial charge in [-0.3, -0.25) is 14.4 Å². The molecule has 9 heteroatoms. The number of anilines is 1. The molecule has 3 saturated heterocycles. The number of fused-ring (bicyclic) bond motifs is 1. The van der Waals surface area contributed by atoms with Gasteiger partial charge < -0.3 is 20.6 Å². The number of rotatable bonds is 10. The summed E-state index contributed by atoms with van der Waals surface area (Å²) < 4.78 is -1.11. The van der Waals surface area contributed by atoms with E-state index < -0.39 is 27.4 Å². The van der Waals surface area contributed by atoms with E-state index in [9.17, 15) is 19.5 Å². The number of hydrogen-bond acceptors (Lipinski definition) is 5. The largest absolute Gasteiger partial charge is 0.396 e. The highest BCUT2D eigenvalue weighted by Gasteiger charge is 2.77. The van der Waals surface area contributed by atoms with Crippen molar-refractivity contribution in [1.29, 1.82) is 0 Å². The van der Waals surface area contributed by atoms with Crippen molar-refractivity contribution in [2.45, 2.75) is 68.0 Å². The standard InChI is InChI=1S/C30H36ClN3O4S/c1-19-10-9-13-21(31)24(19)33-27(37)25-30-15-14-29(2,39-30)22(26(36)32-18-20-11-5-3-6-12-20)23(30)28(38)34(25)16-7-4-8-17-35/h3,5-6,9-13,22-23,25,35H,4,7-8,14-18H2,1-2H3,(H,32,36)(H,33,37)/t22-,23-,25?,29+,30?/m0/s1. The van der Waals surface area contributed by atoms with Crippen molar-refractivity contribution < 1.29 is 19.5 Å². The minimum atomic E-state index is -0.710. The second kappa shape index (κ2) is 11.1. The van der Waals surface area contributed by atoms with Crippen LogP contribution in [0.25, 0.3) is 0 Å². The fraction of sp³-hybridized carbons (Fsp3) is 0.500. The summed E-state index contributed by atoms with van der Waals surface area (Å²) in [5.74, 6) is -1.60. The number of para-hydroxylation sites is 1. The first-order valence-electron chi connectivity index (χ1n) is 13.7. The average Bonchev–Trinajstić information content (AvgIpc) is 3.48. The first kappa shape index (κ1) is 28.0. The second-order valence-corrected chi connectivity index (χ2v) is 13.5. The summed E-state index contributed by atoms with van der Waals surface area (Å²) in [6.45, 7) is 4.86. The molecule has 0 aliphatic carbocycles. The van der Waals surface area contributed by atoms with Gasteiger partial charge in [0, 0.05) is 24.4 Å². The number of aliphatic hydroxyl groups excluding tert-OH is 1. The molecule has 3 amide bonds. The Morgan fingerprint density at radius 2 is 1.85 bits per heavy atom. The van der Waals surface area contributed by atoms with Gasteiger partial charge >= 0.3 is 0 Å². The summed E-state index contributed by atoms with van der Waals surface area (Å²) >= 11 is 8.11. The lowest BCUT2D eigenvalue weighted by molar-refractivity contribution is -0.140. The van der Waals surface area contributed by atoms with Crippen molar-refractivity contribution in [2.24, 2.45) is 11.8 Å². The van der Waals surface area contributed by atoms with E-state index in [-0.39, 0.29) is 24.3 Å². The van der Waals surface area contributed by atoms with Crippen molar-refractivity contribution in [1.82, 2.24) is 10.2 Å². The van der Waals surface area contributed by atoms with E-state index in [2.05, 4.69) is 17.6 Å². The number of halogens is 1. The smallest absolute Gasteiger partial charge is 0.248 e. The number of thioether (sulfide) groups is 1. The zero-order valence-electron chi connectivity index (χ0n) is 22.4. The molecule has 0 aromatic heterocycles. The Bertz CT molecular complexity index is 1240. The zero-order chi connectivity index (χ0) is 27.8. The maximum atomic E-state index is 14.1. The summed E-state index contributed by atoms with van der Waals surface area (Å²) in [5, 5.41) is 15.8. The van der Waals surface area contributed by atoms with Gasteiger partial charge in [0.1, 0.15) is 6.04 Å². The number of carbonyl (C=O) groups is 3. The fourth-order valence-electron chi connectivity index (χ4n) is 6.82. The lowest BCUT2D eigenvalue weighted by Crippen LogP contribution is -2.52. The SMILES string of the molecule is Cc1cccc(Cl)c1NC(=O)C1N(CCCCCO)C(=O)[C@@H]2[C@@H](C(=O)NCc3ccccc3)[C@@]3(C)CCC12S3. The molecular formula is C30H36ClN3O4S. The molecule has 2 bridgehead atoms. The van der Waals surface area contributed by atoms with Gasteiger partial charge in [0.15, 0.2) is 0 Å². The van der Waals surface area contributed by atoms with Crippen molar-refractivity contribution in [3.8, 4) is 0 Å². The van der Waals surface area contributed by atoms with Crippen molar-refractivity contribution in [3.05, 3.63) is 64.7 Å². The lowest BCUT2D eigenvalue weighted by Gasteiger charge is -2.35. The number of unbranched alkanes of at least 4 members (excludes halogenated alkanes) is 2. The number of likely N-dealkylation sites (tertiary alicyclic amines) is 1. The number of carbonyl (C=O) groups excluding carboxylic acids is 3. The molecular weight excluding hydrogens is 534 g/mol. The number of nitrogens with zero attached hydrogens (tertiary/aromatic N) is 1. The summed E-state index contributed by atoms with van der Waals surface area (Å²) in [6.07, 6.45) is 3.53. The second-order valence-electron chi connectivity index (χ2n) is 11.2. The van der Waals surface area contributed by atoms with Gasteiger partial charge in [-0.1, -0.05) is 54.1 Å². The van der Waals surface area contributed by atoms with Crippen LogP contribution in [-0.2, 0) is 20.9 Å². The Morgan fingerprint density at radius 3 is 2.56 bits per heavy atom. The van der Waals surface area contributed by atoms with E-state index in [4.69, 9.17) is 11.6 Å². The van der Waals surface area contributed by atoms with Gasteiger partial charge in [0.25, 0.3) is 0 Å². The lowest BCUT2D eigenvalue weighted by atomic mass is 9.66. The fourth-order valence-corrected chi connectivity index (χ4v) is 9.44.